The van der Waals surface area contributed by atoms with Crippen LogP contribution < -0.4 is 0 Å². The second-order valence-electron chi connectivity index (χ2n) is 5.05. The Morgan fingerprint density at radius 3 is 3.11 bits per heavy atom. The van der Waals surface area contributed by atoms with Gasteiger partial charge in [-0.25, -0.2) is 0 Å². The van der Waals surface area contributed by atoms with Crippen LogP contribution in [0.4, 0.5) is 0 Å². The maximum atomic E-state index is 10.9. The Balaban J connectivity index is 2.30. The van der Waals surface area contributed by atoms with E-state index in [2.05, 4.69) is 12.0 Å². The fourth-order valence-corrected chi connectivity index (χ4v) is 3.14. The summed E-state index contributed by atoms with van der Waals surface area (Å²) >= 11 is 6.21. The summed E-state index contributed by atoms with van der Waals surface area (Å²) in [5.41, 5.74) is -0.144. The Hall–Kier alpha value is -0.580. The van der Waals surface area contributed by atoms with Crippen molar-refractivity contribution in [1.29, 1.82) is 0 Å². The SMILES string of the molecule is CCCn1ncc(Cl)c1C1(O)CCCC(OC)C1. The zero-order chi connectivity index (χ0) is 13.2. The number of nitrogens with zero attached hydrogens (tertiary/aromatic N) is 2. The Bertz CT molecular complexity index is 408. The van der Waals surface area contributed by atoms with Crippen molar-refractivity contribution in [2.45, 2.75) is 57.3 Å². The molecule has 0 aromatic carbocycles. The van der Waals surface area contributed by atoms with E-state index < -0.39 is 5.60 Å². The van der Waals surface area contributed by atoms with Gasteiger partial charge in [0, 0.05) is 20.1 Å². The Morgan fingerprint density at radius 2 is 2.44 bits per heavy atom. The lowest BCUT2D eigenvalue weighted by Gasteiger charge is -2.36. The molecule has 2 rings (SSSR count). The molecule has 18 heavy (non-hydrogen) atoms. The molecular formula is C13H21ClN2O2. The molecule has 1 aromatic heterocycles. The third-order valence-corrected chi connectivity index (χ3v) is 3.96. The van der Waals surface area contributed by atoms with Gasteiger partial charge in [0.1, 0.15) is 5.60 Å². The minimum absolute atomic E-state index is 0.102. The topological polar surface area (TPSA) is 47.3 Å². The predicted octanol–water partition coefficient (Wildman–Crippen LogP) is 2.72. The molecule has 2 atom stereocenters. The highest BCUT2D eigenvalue weighted by molar-refractivity contribution is 6.31. The lowest BCUT2D eigenvalue weighted by Crippen LogP contribution is -2.38. The van der Waals surface area contributed by atoms with Gasteiger partial charge in [-0.1, -0.05) is 18.5 Å². The highest BCUT2D eigenvalue weighted by atomic mass is 35.5. The van der Waals surface area contributed by atoms with Crippen molar-refractivity contribution >= 4 is 11.6 Å². The molecule has 1 N–H and O–H groups in total. The first-order chi connectivity index (χ1) is 8.60. The highest BCUT2D eigenvalue weighted by Gasteiger charge is 2.40. The van der Waals surface area contributed by atoms with Crippen LogP contribution >= 0.6 is 11.6 Å². The molecule has 1 aromatic rings. The van der Waals surface area contributed by atoms with E-state index in [1.165, 1.54) is 0 Å². The van der Waals surface area contributed by atoms with E-state index in [0.29, 0.717) is 11.4 Å². The molecule has 0 saturated heterocycles. The molecule has 1 heterocycles. The van der Waals surface area contributed by atoms with Crippen molar-refractivity contribution in [3.8, 4) is 0 Å². The summed E-state index contributed by atoms with van der Waals surface area (Å²) in [5.74, 6) is 0. The van der Waals surface area contributed by atoms with Gasteiger partial charge in [0.05, 0.1) is 23.0 Å². The third kappa shape index (κ3) is 2.56. The maximum Gasteiger partial charge on any atom is 0.110 e. The van der Waals surface area contributed by atoms with Crippen LogP contribution in [0.1, 0.15) is 44.7 Å². The fourth-order valence-electron chi connectivity index (χ4n) is 2.83. The van der Waals surface area contributed by atoms with Crippen LogP contribution in [0.2, 0.25) is 5.02 Å². The molecule has 102 valence electrons. The number of aromatic nitrogens is 2. The Labute approximate surface area is 113 Å². The van der Waals surface area contributed by atoms with Gasteiger partial charge in [-0.3, -0.25) is 4.68 Å². The van der Waals surface area contributed by atoms with Gasteiger partial charge in [0.15, 0.2) is 0 Å². The number of ether oxygens (including phenoxy) is 1. The number of hydrogen-bond acceptors (Lipinski definition) is 3. The van der Waals surface area contributed by atoms with E-state index >= 15 is 0 Å². The molecule has 1 aliphatic carbocycles. The molecule has 0 bridgehead atoms. The van der Waals surface area contributed by atoms with E-state index in [0.717, 1.165) is 37.9 Å². The number of halogens is 1. The number of hydrogen-bond donors (Lipinski definition) is 1. The monoisotopic (exact) mass is 272 g/mol. The molecule has 4 nitrogen and oxygen atoms in total. The van der Waals surface area contributed by atoms with Crippen LogP contribution in [-0.4, -0.2) is 28.1 Å². The van der Waals surface area contributed by atoms with Gasteiger partial charge in [-0.2, -0.15) is 5.10 Å². The van der Waals surface area contributed by atoms with E-state index in [-0.39, 0.29) is 6.10 Å². The second kappa shape index (κ2) is 5.59. The number of aryl methyl sites for hydroxylation is 1. The standard InChI is InChI=1S/C13H21ClN2O2/c1-3-7-16-12(11(14)9-15-16)13(17)6-4-5-10(8-13)18-2/h9-10,17H,3-8H2,1-2H3. The lowest BCUT2D eigenvalue weighted by atomic mass is 9.80. The van der Waals surface area contributed by atoms with Gasteiger partial charge in [-0.15, -0.1) is 0 Å². The quantitative estimate of drug-likeness (QED) is 0.917. The van der Waals surface area contributed by atoms with E-state index in [1.807, 2.05) is 4.68 Å². The van der Waals surface area contributed by atoms with Crippen molar-refractivity contribution in [2.24, 2.45) is 0 Å². The number of aliphatic hydroxyl groups is 1. The average Bonchev–Trinajstić information content (AvgIpc) is 2.72. The van der Waals surface area contributed by atoms with Gasteiger partial charge in [0.2, 0.25) is 0 Å². The third-order valence-electron chi connectivity index (χ3n) is 3.69. The van der Waals surface area contributed by atoms with Crippen molar-refractivity contribution in [2.75, 3.05) is 7.11 Å². The van der Waals surface area contributed by atoms with Crippen LogP contribution in [0.25, 0.3) is 0 Å². The summed E-state index contributed by atoms with van der Waals surface area (Å²) in [5, 5.41) is 15.7. The molecule has 0 spiro atoms. The zero-order valence-corrected chi connectivity index (χ0v) is 11.8. The summed E-state index contributed by atoms with van der Waals surface area (Å²) < 4.78 is 7.23. The van der Waals surface area contributed by atoms with Crippen molar-refractivity contribution < 1.29 is 9.84 Å². The summed E-state index contributed by atoms with van der Waals surface area (Å²) in [6.45, 7) is 2.87. The van der Waals surface area contributed by atoms with Gasteiger partial charge < -0.3 is 9.84 Å². The summed E-state index contributed by atoms with van der Waals surface area (Å²) in [4.78, 5) is 0. The number of rotatable bonds is 4. The van der Waals surface area contributed by atoms with Crippen molar-refractivity contribution in [3.63, 3.8) is 0 Å². The summed E-state index contributed by atoms with van der Waals surface area (Å²) in [6, 6.07) is 0. The fraction of sp³-hybridized carbons (Fsp3) is 0.769. The van der Waals surface area contributed by atoms with E-state index in [9.17, 15) is 5.11 Å². The molecule has 1 aliphatic rings. The minimum Gasteiger partial charge on any atom is -0.383 e. The first-order valence-electron chi connectivity index (χ1n) is 6.57. The van der Waals surface area contributed by atoms with Crippen LogP contribution in [-0.2, 0) is 16.9 Å². The molecule has 0 amide bonds. The van der Waals surface area contributed by atoms with Crippen LogP contribution in [0.15, 0.2) is 6.20 Å². The van der Waals surface area contributed by atoms with Crippen molar-refractivity contribution in [3.05, 3.63) is 16.9 Å². The highest BCUT2D eigenvalue weighted by Crippen LogP contribution is 2.40. The van der Waals surface area contributed by atoms with Crippen LogP contribution in [0, 0.1) is 0 Å². The average molecular weight is 273 g/mol. The molecule has 1 fully saturated rings. The molecule has 1 saturated carbocycles. The first-order valence-corrected chi connectivity index (χ1v) is 6.95. The van der Waals surface area contributed by atoms with Crippen molar-refractivity contribution in [1.82, 2.24) is 9.78 Å². The molecule has 0 aliphatic heterocycles. The van der Waals surface area contributed by atoms with Crippen LogP contribution in [0.5, 0.6) is 0 Å². The van der Waals surface area contributed by atoms with Gasteiger partial charge in [-0.05, 0) is 25.7 Å². The second-order valence-corrected chi connectivity index (χ2v) is 5.46. The van der Waals surface area contributed by atoms with Gasteiger partial charge in [0.25, 0.3) is 0 Å². The lowest BCUT2D eigenvalue weighted by molar-refractivity contribution is -0.0681. The molecular weight excluding hydrogens is 252 g/mol. The smallest absolute Gasteiger partial charge is 0.110 e. The zero-order valence-electron chi connectivity index (χ0n) is 11.0. The minimum atomic E-state index is -0.901. The largest absolute Gasteiger partial charge is 0.383 e. The van der Waals surface area contributed by atoms with Gasteiger partial charge >= 0.3 is 0 Å². The number of methoxy groups -OCH3 is 1. The normalized spacial score (nSPS) is 28.6. The predicted molar refractivity (Wildman–Crippen MR) is 70.7 cm³/mol. The molecule has 2 unspecified atom stereocenters. The van der Waals surface area contributed by atoms with E-state index in [1.54, 1.807) is 13.3 Å². The Kier molecular flexibility index (Phi) is 4.30. The summed E-state index contributed by atoms with van der Waals surface area (Å²) in [7, 11) is 1.70. The Morgan fingerprint density at radius 1 is 1.67 bits per heavy atom. The maximum absolute atomic E-state index is 10.9. The first kappa shape index (κ1) is 13.8. The summed E-state index contributed by atoms with van der Waals surface area (Å²) in [6.07, 6.45) is 5.96. The van der Waals surface area contributed by atoms with E-state index in [4.69, 9.17) is 16.3 Å². The van der Waals surface area contributed by atoms with Crippen LogP contribution in [0.3, 0.4) is 0 Å². The molecule has 5 heteroatoms. The molecule has 0 radical (unpaired) electrons.